The number of para-hydroxylation sites is 1. The van der Waals surface area contributed by atoms with Gasteiger partial charge in [0.1, 0.15) is 5.75 Å². The van der Waals surface area contributed by atoms with Gasteiger partial charge in [0.05, 0.1) is 29.2 Å². The van der Waals surface area contributed by atoms with Gasteiger partial charge in [-0.3, -0.25) is 19.7 Å². The van der Waals surface area contributed by atoms with E-state index in [2.05, 4.69) is 15.4 Å². The molecule has 0 aliphatic rings. The summed E-state index contributed by atoms with van der Waals surface area (Å²) in [6, 6.07) is 22.2. The van der Waals surface area contributed by atoms with Gasteiger partial charge in [0, 0.05) is 23.7 Å². The van der Waals surface area contributed by atoms with E-state index in [4.69, 9.17) is 4.74 Å². The van der Waals surface area contributed by atoms with Crippen molar-refractivity contribution in [1.29, 1.82) is 0 Å². The molecule has 158 valence electrons. The number of nitrogens with zero attached hydrogens (tertiary/aromatic N) is 2. The van der Waals surface area contributed by atoms with E-state index in [1.807, 2.05) is 54.6 Å². The first-order valence-electron chi connectivity index (χ1n) is 10.1. The van der Waals surface area contributed by atoms with Crippen LogP contribution in [0.5, 0.6) is 5.75 Å². The molecule has 1 amide bonds. The Morgan fingerprint density at radius 3 is 2.69 bits per heavy atom. The lowest BCUT2D eigenvalue weighted by Crippen LogP contribution is -2.22. The fourth-order valence-electron chi connectivity index (χ4n) is 3.73. The average molecular weight is 424 g/mol. The summed E-state index contributed by atoms with van der Waals surface area (Å²) in [4.78, 5) is 30.1. The number of benzene rings is 3. The molecule has 0 aliphatic heterocycles. The highest BCUT2D eigenvalue weighted by Crippen LogP contribution is 2.22. The van der Waals surface area contributed by atoms with Crippen LogP contribution in [0, 0.1) is 0 Å². The Labute approximate surface area is 183 Å². The number of carbonyl (C=O) groups is 1. The van der Waals surface area contributed by atoms with Gasteiger partial charge in [0.15, 0.2) is 0 Å². The quantitative estimate of drug-likeness (QED) is 0.449. The molecule has 7 heteroatoms. The van der Waals surface area contributed by atoms with Crippen LogP contribution in [-0.4, -0.2) is 27.8 Å². The van der Waals surface area contributed by atoms with Crippen molar-refractivity contribution in [1.82, 2.24) is 20.1 Å². The van der Waals surface area contributed by atoms with E-state index in [9.17, 15) is 9.59 Å². The summed E-state index contributed by atoms with van der Waals surface area (Å²) in [5.74, 6) is 0.527. The number of amides is 1. The van der Waals surface area contributed by atoms with E-state index in [1.54, 1.807) is 31.5 Å². The molecule has 0 atom stereocenters. The minimum atomic E-state index is -0.212. The Balaban J connectivity index is 1.50. The fraction of sp³-hybridized carbons (Fsp3) is 0.0800. The molecular formula is C25H20N4O3. The lowest BCUT2D eigenvalue weighted by molar-refractivity contribution is 0.0951. The molecule has 32 heavy (non-hydrogen) atoms. The number of hydrogen-bond donors (Lipinski definition) is 2. The first-order chi connectivity index (χ1) is 15.6. The number of carbonyl (C=O) groups excluding carboxylic acids is 1. The van der Waals surface area contributed by atoms with Gasteiger partial charge in [-0.1, -0.05) is 30.3 Å². The summed E-state index contributed by atoms with van der Waals surface area (Å²) in [6.45, 7) is 0.373. The second-order valence-electron chi connectivity index (χ2n) is 7.40. The van der Waals surface area contributed by atoms with Crippen LogP contribution in [0.15, 0.2) is 83.8 Å². The molecule has 0 bridgehead atoms. The third-order valence-electron chi connectivity index (χ3n) is 5.39. The number of methoxy groups -OCH3 is 1. The van der Waals surface area contributed by atoms with E-state index < -0.39 is 0 Å². The van der Waals surface area contributed by atoms with Gasteiger partial charge in [-0.15, -0.1) is 0 Å². The highest BCUT2D eigenvalue weighted by atomic mass is 16.5. The molecule has 2 heterocycles. The van der Waals surface area contributed by atoms with E-state index in [1.165, 1.54) is 4.68 Å². The second-order valence-corrected chi connectivity index (χ2v) is 7.40. The van der Waals surface area contributed by atoms with Crippen LogP contribution in [0.4, 0.5) is 0 Å². The van der Waals surface area contributed by atoms with Crippen LogP contribution in [0.25, 0.3) is 27.5 Å². The Morgan fingerprint density at radius 1 is 1.03 bits per heavy atom. The molecule has 0 saturated carbocycles. The van der Waals surface area contributed by atoms with Crippen LogP contribution in [-0.2, 0) is 6.54 Å². The summed E-state index contributed by atoms with van der Waals surface area (Å²) < 4.78 is 6.72. The van der Waals surface area contributed by atoms with Crippen molar-refractivity contribution in [3.05, 3.63) is 100 Å². The van der Waals surface area contributed by atoms with Crippen LogP contribution >= 0.6 is 0 Å². The molecule has 0 fully saturated rings. The van der Waals surface area contributed by atoms with E-state index >= 15 is 0 Å². The molecular weight excluding hydrogens is 404 g/mol. The number of rotatable bonds is 5. The smallest absolute Gasteiger partial charge is 0.280 e. The summed E-state index contributed by atoms with van der Waals surface area (Å²) in [5.41, 5.74) is 3.31. The van der Waals surface area contributed by atoms with Crippen molar-refractivity contribution in [2.75, 3.05) is 7.11 Å². The molecule has 0 unspecified atom stereocenters. The Hall–Kier alpha value is -4.39. The van der Waals surface area contributed by atoms with Gasteiger partial charge >= 0.3 is 0 Å². The van der Waals surface area contributed by atoms with Crippen molar-refractivity contribution in [3.63, 3.8) is 0 Å². The summed E-state index contributed by atoms with van der Waals surface area (Å²) >= 11 is 0. The Morgan fingerprint density at radius 2 is 1.88 bits per heavy atom. The summed E-state index contributed by atoms with van der Waals surface area (Å²) in [7, 11) is 1.61. The zero-order valence-corrected chi connectivity index (χ0v) is 17.3. The monoisotopic (exact) mass is 424 g/mol. The minimum Gasteiger partial charge on any atom is -0.497 e. The second kappa shape index (κ2) is 8.03. The number of aromatic nitrogens is 3. The SMILES string of the molecule is COc1cccc(CNC(=O)c2ccc3ncc4c(=O)n(-c5ccccc5)[nH]c4c3c2)c1. The largest absolute Gasteiger partial charge is 0.497 e. The molecule has 2 aromatic heterocycles. The van der Waals surface area contributed by atoms with Gasteiger partial charge in [0.25, 0.3) is 11.5 Å². The highest BCUT2D eigenvalue weighted by molar-refractivity contribution is 6.06. The van der Waals surface area contributed by atoms with Crippen LogP contribution in [0.2, 0.25) is 0 Å². The number of H-pyrrole nitrogens is 1. The third-order valence-corrected chi connectivity index (χ3v) is 5.39. The van der Waals surface area contributed by atoms with E-state index in [0.29, 0.717) is 33.9 Å². The predicted molar refractivity (Wildman–Crippen MR) is 123 cm³/mol. The molecule has 2 N–H and O–H groups in total. The molecule has 0 radical (unpaired) electrons. The number of aromatic amines is 1. The van der Waals surface area contributed by atoms with Crippen molar-refractivity contribution in [2.45, 2.75) is 6.54 Å². The standard InChI is InChI=1S/C25H20N4O3/c1-32-19-9-5-6-16(12-19)14-27-24(30)17-10-11-22-20(13-17)23-21(15-26-22)25(31)29(28-23)18-7-3-2-4-8-18/h2-13,15,28H,14H2,1H3,(H,27,30). The maximum absolute atomic E-state index is 12.9. The zero-order chi connectivity index (χ0) is 22.1. The topological polar surface area (TPSA) is 89.0 Å². The first-order valence-corrected chi connectivity index (χ1v) is 10.1. The molecule has 3 aromatic carbocycles. The maximum atomic E-state index is 12.9. The maximum Gasteiger partial charge on any atom is 0.280 e. The van der Waals surface area contributed by atoms with E-state index in [0.717, 1.165) is 17.0 Å². The minimum absolute atomic E-state index is 0.187. The lowest BCUT2D eigenvalue weighted by Gasteiger charge is -2.08. The normalized spacial score (nSPS) is 11.0. The fourth-order valence-corrected chi connectivity index (χ4v) is 3.73. The molecule has 5 aromatic rings. The van der Waals surface area contributed by atoms with Crippen LogP contribution < -0.4 is 15.6 Å². The van der Waals surface area contributed by atoms with Gasteiger partial charge in [0.2, 0.25) is 0 Å². The molecule has 7 nitrogen and oxygen atoms in total. The Kier molecular flexibility index (Phi) is 4.91. The molecule has 0 spiro atoms. The van der Waals surface area contributed by atoms with Gasteiger partial charge in [-0.05, 0) is 48.0 Å². The van der Waals surface area contributed by atoms with Crippen molar-refractivity contribution < 1.29 is 9.53 Å². The Bertz CT molecular complexity index is 1500. The van der Waals surface area contributed by atoms with Gasteiger partial charge < -0.3 is 10.1 Å². The number of fused-ring (bicyclic) bond motifs is 3. The van der Waals surface area contributed by atoms with Crippen molar-refractivity contribution >= 4 is 27.7 Å². The number of ether oxygens (including phenoxy) is 1. The third kappa shape index (κ3) is 3.50. The average Bonchev–Trinajstić information content (AvgIpc) is 3.19. The van der Waals surface area contributed by atoms with Gasteiger partial charge in [-0.25, -0.2) is 4.68 Å². The van der Waals surface area contributed by atoms with E-state index in [-0.39, 0.29) is 11.5 Å². The molecule has 0 aliphatic carbocycles. The van der Waals surface area contributed by atoms with Gasteiger partial charge in [-0.2, -0.15) is 0 Å². The van der Waals surface area contributed by atoms with Crippen LogP contribution in [0.1, 0.15) is 15.9 Å². The van der Waals surface area contributed by atoms with Crippen molar-refractivity contribution in [3.8, 4) is 11.4 Å². The van der Waals surface area contributed by atoms with Crippen LogP contribution in [0.3, 0.4) is 0 Å². The zero-order valence-electron chi connectivity index (χ0n) is 17.3. The number of hydrogen-bond acceptors (Lipinski definition) is 4. The summed E-state index contributed by atoms with van der Waals surface area (Å²) in [6.07, 6.45) is 1.57. The molecule has 5 rings (SSSR count). The summed E-state index contributed by atoms with van der Waals surface area (Å²) in [5, 5.41) is 7.29. The van der Waals surface area contributed by atoms with Crippen molar-refractivity contribution in [2.24, 2.45) is 0 Å². The molecule has 0 saturated heterocycles. The number of nitrogens with one attached hydrogen (secondary N) is 2. The lowest BCUT2D eigenvalue weighted by atomic mass is 10.1. The first kappa shape index (κ1) is 19.6. The number of pyridine rings is 1. The highest BCUT2D eigenvalue weighted by Gasteiger charge is 2.14. The predicted octanol–water partition coefficient (Wildman–Crippen LogP) is 3.81.